The van der Waals surface area contributed by atoms with Crippen LogP contribution in [0.15, 0.2) is 18.5 Å². The first-order chi connectivity index (χ1) is 7.58. The molecule has 16 heavy (non-hydrogen) atoms. The van der Waals surface area contributed by atoms with Crippen LogP contribution in [0.2, 0.25) is 0 Å². The van der Waals surface area contributed by atoms with Crippen molar-refractivity contribution in [2.24, 2.45) is 0 Å². The number of hydrogen-bond donors (Lipinski definition) is 2. The van der Waals surface area contributed by atoms with E-state index >= 15 is 0 Å². The lowest BCUT2D eigenvalue weighted by Crippen LogP contribution is -2.26. The summed E-state index contributed by atoms with van der Waals surface area (Å²) >= 11 is 0. The topological polar surface area (TPSA) is 79.5 Å². The second-order valence-electron chi connectivity index (χ2n) is 3.60. The number of aromatic nitrogens is 3. The molecular formula is C10H12N4O2. The van der Waals surface area contributed by atoms with Gasteiger partial charge >= 0.3 is 5.97 Å². The van der Waals surface area contributed by atoms with Crippen molar-refractivity contribution in [2.45, 2.75) is 19.9 Å². The maximum atomic E-state index is 10.7. The fourth-order valence-corrected chi connectivity index (χ4v) is 1.42. The molecule has 0 aliphatic rings. The van der Waals surface area contributed by atoms with Crippen LogP contribution in [0.1, 0.15) is 12.6 Å². The SMILES string of the molecule is Cc1cc2c(N[C@H](C)C(=O)O)nccn2n1. The van der Waals surface area contributed by atoms with Crippen LogP contribution in [0.3, 0.4) is 0 Å². The molecule has 0 radical (unpaired) electrons. The van der Waals surface area contributed by atoms with Gasteiger partial charge in [-0.3, -0.25) is 4.79 Å². The van der Waals surface area contributed by atoms with Crippen LogP contribution >= 0.6 is 0 Å². The molecular weight excluding hydrogens is 208 g/mol. The molecule has 0 fully saturated rings. The summed E-state index contributed by atoms with van der Waals surface area (Å²) in [6.07, 6.45) is 3.30. The van der Waals surface area contributed by atoms with Crippen molar-refractivity contribution in [3.05, 3.63) is 24.2 Å². The average molecular weight is 220 g/mol. The molecule has 0 bridgehead atoms. The fourth-order valence-electron chi connectivity index (χ4n) is 1.42. The van der Waals surface area contributed by atoms with E-state index in [1.165, 1.54) is 0 Å². The first-order valence-corrected chi connectivity index (χ1v) is 4.88. The lowest BCUT2D eigenvalue weighted by Gasteiger charge is -2.10. The minimum Gasteiger partial charge on any atom is -0.480 e. The van der Waals surface area contributed by atoms with Crippen molar-refractivity contribution >= 4 is 17.3 Å². The zero-order valence-corrected chi connectivity index (χ0v) is 9.01. The van der Waals surface area contributed by atoms with Crippen LogP contribution in [0.5, 0.6) is 0 Å². The third kappa shape index (κ3) is 1.81. The van der Waals surface area contributed by atoms with E-state index < -0.39 is 12.0 Å². The van der Waals surface area contributed by atoms with E-state index in [4.69, 9.17) is 5.11 Å². The first-order valence-electron chi connectivity index (χ1n) is 4.88. The molecule has 1 atom stereocenters. The monoisotopic (exact) mass is 220 g/mol. The summed E-state index contributed by atoms with van der Waals surface area (Å²) in [5.41, 5.74) is 1.63. The minimum absolute atomic E-state index is 0.526. The van der Waals surface area contributed by atoms with E-state index in [9.17, 15) is 4.79 Å². The van der Waals surface area contributed by atoms with Gasteiger partial charge in [0.1, 0.15) is 11.6 Å². The Bertz CT molecular complexity index is 535. The summed E-state index contributed by atoms with van der Waals surface area (Å²) in [4.78, 5) is 14.8. The standard InChI is InChI=1S/C10H12N4O2/c1-6-5-8-9(12-7(2)10(15)16)11-3-4-14(8)13-6/h3-5,7H,1-2H3,(H,11,12)(H,15,16)/t7-/m1/s1. The van der Waals surface area contributed by atoms with Crippen molar-refractivity contribution in [1.82, 2.24) is 14.6 Å². The largest absolute Gasteiger partial charge is 0.480 e. The maximum absolute atomic E-state index is 10.7. The molecule has 84 valence electrons. The van der Waals surface area contributed by atoms with Gasteiger partial charge in [0.25, 0.3) is 0 Å². The van der Waals surface area contributed by atoms with Crippen molar-refractivity contribution in [3.63, 3.8) is 0 Å². The van der Waals surface area contributed by atoms with Crippen molar-refractivity contribution < 1.29 is 9.90 Å². The molecule has 0 spiro atoms. The number of rotatable bonds is 3. The minimum atomic E-state index is -0.917. The Hall–Kier alpha value is -2.11. The quantitative estimate of drug-likeness (QED) is 0.804. The van der Waals surface area contributed by atoms with Crippen LogP contribution < -0.4 is 5.32 Å². The van der Waals surface area contributed by atoms with E-state index in [1.807, 2.05) is 13.0 Å². The fraction of sp³-hybridized carbons (Fsp3) is 0.300. The molecule has 0 amide bonds. The number of anilines is 1. The Morgan fingerprint density at radius 1 is 1.62 bits per heavy atom. The van der Waals surface area contributed by atoms with Gasteiger partial charge < -0.3 is 10.4 Å². The third-order valence-electron chi connectivity index (χ3n) is 2.24. The maximum Gasteiger partial charge on any atom is 0.325 e. The van der Waals surface area contributed by atoms with Crippen LogP contribution in [0, 0.1) is 6.92 Å². The molecule has 0 unspecified atom stereocenters. The second-order valence-corrected chi connectivity index (χ2v) is 3.60. The van der Waals surface area contributed by atoms with Gasteiger partial charge in [0.15, 0.2) is 5.82 Å². The number of aryl methyl sites for hydroxylation is 1. The number of carboxylic acid groups (broad SMARTS) is 1. The second kappa shape index (κ2) is 3.80. The van der Waals surface area contributed by atoms with Crippen molar-refractivity contribution in [2.75, 3.05) is 5.32 Å². The van der Waals surface area contributed by atoms with Crippen molar-refractivity contribution in [3.8, 4) is 0 Å². The summed E-state index contributed by atoms with van der Waals surface area (Å²) in [5.74, 6) is -0.391. The van der Waals surface area contributed by atoms with Crippen LogP contribution in [0.25, 0.3) is 5.52 Å². The smallest absolute Gasteiger partial charge is 0.325 e. The molecule has 2 N–H and O–H groups in total. The Morgan fingerprint density at radius 2 is 2.38 bits per heavy atom. The molecule has 0 saturated heterocycles. The molecule has 2 rings (SSSR count). The summed E-state index contributed by atoms with van der Waals surface area (Å²) in [5, 5.41) is 15.8. The van der Waals surface area contributed by atoms with Crippen LogP contribution in [-0.2, 0) is 4.79 Å². The predicted molar refractivity (Wildman–Crippen MR) is 58.4 cm³/mol. The number of hydrogen-bond acceptors (Lipinski definition) is 4. The van der Waals surface area contributed by atoms with Gasteiger partial charge in [-0.2, -0.15) is 5.10 Å². The summed E-state index contributed by atoms with van der Waals surface area (Å²) in [6, 6.07) is 1.16. The van der Waals surface area contributed by atoms with E-state index in [1.54, 1.807) is 23.8 Å². The zero-order valence-electron chi connectivity index (χ0n) is 9.01. The number of carbonyl (C=O) groups is 1. The zero-order chi connectivity index (χ0) is 11.7. The highest BCUT2D eigenvalue weighted by Gasteiger charge is 2.13. The highest BCUT2D eigenvalue weighted by Crippen LogP contribution is 2.15. The molecule has 0 aliphatic heterocycles. The molecule has 2 aromatic heterocycles. The lowest BCUT2D eigenvalue weighted by atomic mass is 10.3. The highest BCUT2D eigenvalue weighted by atomic mass is 16.4. The summed E-state index contributed by atoms with van der Waals surface area (Å²) in [7, 11) is 0. The number of nitrogens with one attached hydrogen (secondary N) is 1. The van der Waals surface area contributed by atoms with Gasteiger partial charge in [0, 0.05) is 12.4 Å². The van der Waals surface area contributed by atoms with Gasteiger partial charge in [0.2, 0.25) is 0 Å². The van der Waals surface area contributed by atoms with Crippen molar-refractivity contribution in [1.29, 1.82) is 0 Å². The van der Waals surface area contributed by atoms with Gasteiger partial charge in [0.05, 0.1) is 5.69 Å². The van der Waals surface area contributed by atoms with E-state index in [0.717, 1.165) is 11.2 Å². The third-order valence-corrected chi connectivity index (χ3v) is 2.24. The van der Waals surface area contributed by atoms with Gasteiger partial charge in [-0.1, -0.05) is 0 Å². The Balaban J connectivity index is 2.40. The van der Waals surface area contributed by atoms with E-state index in [0.29, 0.717) is 5.82 Å². The molecule has 0 aromatic carbocycles. The lowest BCUT2D eigenvalue weighted by molar-refractivity contribution is -0.137. The first kappa shape index (κ1) is 10.4. The Kier molecular flexibility index (Phi) is 2.47. The van der Waals surface area contributed by atoms with E-state index in [2.05, 4.69) is 15.4 Å². The average Bonchev–Trinajstić information content (AvgIpc) is 2.59. The Morgan fingerprint density at radius 3 is 3.06 bits per heavy atom. The molecule has 6 nitrogen and oxygen atoms in total. The summed E-state index contributed by atoms with van der Waals surface area (Å²) in [6.45, 7) is 3.44. The number of carboxylic acids is 1. The number of fused-ring (bicyclic) bond motifs is 1. The predicted octanol–water partition coefficient (Wildman–Crippen LogP) is 0.923. The number of aliphatic carboxylic acids is 1. The van der Waals surface area contributed by atoms with Crippen LogP contribution in [0.4, 0.5) is 5.82 Å². The number of nitrogens with zero attached hydrogens (tertiary/aromatic N) is 3. The molecule has 6 heteroatoms. The molecule has 0 aliphatic carbocycles. The normalized spacial score (nSPS) is 12.6. The highest BCUT2D eigenvalue weighted by molar-refractivity contribution is 5.79. The van der Waals surface area contributed by atoms with Gasteiger partial charge in [-0.25, -0.2) is 9.50 Å². The molecule has 2 heterocycles. The Labute approximate surface area is 91.9 Å². The summed E-state index contributed by atoms with van der Waals surface area (Å²) < 4.78 is 1.67. The van der Waals surface area contributed by atoms with E-state index in [-0.39, 0.29) is 0 Å². The van der Waals surface area contributed by atoms with Crippen LogP contribution in [-0.4, -0.2) is 31.7 Å². The molecule has 2 aromatic rings. The molecule has 0 saturated carbocycles. The van der Waals surface area contributed by atoms with Gasteiger partial charge in [-0.05, 0) is 19.9 Å². The van der Waals surface area contributed by atoms with Gasteiger partial charge in [-0.15, -0.1) is 0 Å².